The van der Waals surface area contributed by atoms with Crippen LogP contribution in [0.4, 0.5) is 26.3 Å². The van der Waals surface area contributed by atoms with Gasteiger partial charge in [-0.15, -0.1) is 0 Å². The number of aromatic nitrogens is 5. The van der Waals surface area contributed by atoms with Gasteiger partial charge in [0.1, 0.15) is 35.4 Å². The SMILES string of the molecule is NC(=O)c1cc(-n2c([C@H](Cc3cc(F)cc(F)c3)NC(=O)Cn3nc(C(F)F)c4c3C(F)(F)[C@@H]3C[C@H]43)nc3ncccc3c2=O)ccc1Cl. The van der Waals surface area contributed by atoms with E-state index in [-0.39, 0.29) is 50.7 Å². The molecule has 3 aromatic heterocycles. The zero-order valence-corrected chi connectivity index (χ0v) is 25.6. The van der Waals surface area contributed by atoms with E-state index < -0.39 is 83.6 Å². The maximum Gasteiger partial charge on any atom is 0.293 e. The molecule has 2 aliphatic carbocycles. The summed E-state index contributed by atoms with van der Waals surface area (Å²) in [5.74, 6) is -9.59. The van der Waals surface area contributed by atoms with Crippen LogP contribution in [0.5, 0.6) is 0 Å². The first kappa shape index (κ1) is 32.3. The van der Waals surface area contributed by atoms with Crippen molar-refractivity contribution < 1.29 is 35.9 Å². The fourth-order valence-electron chi connectivity index (χ4n) is 6.49. The number of rotatable bonds is 9. The molecule has 1 fully saturated rings. The first-order valence-corrected chi connectivity index (χ1v) is 15.1. The molecule has 252 valence electrons. The molecule has 0 bridgehead atoms. The molecule has 0 spiro atoms. The van der Waals surface area contributed by atoms with Gasteiger partial charge in [0.25, 0.3) is 17.9 Å². The summed E-state index contributed by atoms with van der Waals surface area (Å²) in [5, 5.41) is 6.20. The van der Waals surface area contributed by atoms with Gasteiger partial charge in [-0.3, -0.25) is 23.6 Å². The Morgan fingerprint density at radius 1 is 1.10 bits per heavy atom. The number of alkyl halides is 4. The van der Waals surface area contributed by atoms with Crippen molar-refractivity contribution in [3.05, 3.63) is 116 Å². The number of fused-ring (bicyclic) bond motifs is 4. The Morgan fingerprint density at radius 3 is 2.53 bits per heavy atom. The minimum atomic E-state index is -3.50. The summed E-state index contributed by atoms with van der Waals surface area (Å²) in [4.78, 5) is 48.4. The lowest BCUT2D eigenvalue weighted by atomic mass is 10.0. The number of nitrogens with one attached hydrogen (secondary N) is 1. The zero-order valence-electron chi connectivity index (χ0n) is 24.8. The van der Waals surface area contributed by atoms with E-state index in [0.29, 0.717) is 10.7 Å². The molecule has 3 N–H and O–H groups in total. The summed E-state index contributed by atoms with van der Waals surface area (Å²) in [5.41, 5.74) is 2.61. The van der Waals surface area contributed by atoms with Crippen molar-refractivity contribution in [3.63, 3.8) is 0 Å². The number of hydrogen-bond donors (Lipinski definition) is 2. The molecule has 0 aliphatic heterocycles. The molecular weight excluding hydrogens is 680 g/mol. The third-order valence-electron chi connectivity index (χ3n) is 8.61. The van der Waals surface area contributed by atoms with Crippen molar-refractivity contribution in [2.75, 3.05) is 0 Å². The van der Waals surface area contributed by atoms with Crippen molar-refractivity contribution in [3.8, 4) is 5.69 Å². The van der Waals surface area contributed by atoms with Crippen LogP contribution in [0.1, 0.15) is 63.5 Å². The molecule has 2 aliphatic rings. The van der Waals surface area contributed by atoms with Crippen LogP contribution in [0.3, 0.4) is 0 Å². The average Bonchev–Trinajstić information content (AvgIpc) is 3.69. The molecule has 3 heterocycles. The molecular formula is C32H22ClF6N7O3. The highest BCUT2D eigenvalue weighted by atomic mass is 35.5. The fourth-order valence-corrected chi connectivity index (χ4v) is 6.70. The molecule has 2 aromatic carbocycles. The number of pyridine rings is 1. The van der Waals surface area contributed by atoms with Gasteiger partial charge in [-0.25, -0.2) is 27.5 Å². The van der Waals surface area contributed by atoms with Crippen LogP contribution in [0, 0.1) is 17.6 Å². The number of hydrogen-bond acceptors (Lipinski definition) is 6. The number of carbonyl (C=O) groups is 2. The maximum absolute atomic E-state index is 15.2. The number of nitrogens with two attached hydrogens (primary N) is 1. The minimum absolute atomic E-state index is 0.00598. The van der Waals surface area contributed by atoms with Gasteiger partial charge in [0.2, 0.25) is 11.8 Å². The fraction of sp³-hybridized carbons (Fsp3) is 0.250. The molecule has 5 aromatic rings. The lowest BCUT2D eigenvalue weighted by Gasteiger charge is -2.23. The third-order valence-corrected chi connectivity index (χ3v) is 8.94. The molecule has 0 unspecified atom stereocenters. The summed E-state index contributed by atoms with van der Waals surface area (Å²) in [7, 11) is 0. The molecule has 0 saturated heterocycles. The van der Waals surface area contributed by atoms with Crippen molar-refractivity contribution >= 4 is 34.4 Å². The Balaban J connectivity index is 1.36. The molecule has 17 heteroatoms. The van der Waals surface area contributed by atoms with Gasteiger partial charge in [-0.1, -0.05) is 11.6 Å². The maximum atomic E-state index is 15.2. The van der Waals surface area contributed by atoms with Gasteiger partial charge < -0.3 is 11.1 Å². The van der Waals surface area contributed by atoms with E-state index in [0.717, 1.165) is 16.7 Å². The second kappa shape index (κ2) is 11.7. The van der Waals surface area contributed by atoms with Crippen LogP contribution >= 0.6 is 11.6 Å². The van der Waals surface area contributed by atoms with Crippen LogP contribution in [-0.4, -0.2) is 36.1 Å². The molecule has 7 rings (SSSR count). The number of benzene rings is 2. The highest BCUT2D eigenvalue weighted by molar-refractivity contribution is 6.33. The van der Waals surface area contributed by atoms with Crippen molar-refractivity contribution in [1.82, 2.24) is 29.6 Å². The lowest BCUT2D eigenvalue weighted by molar-refractivity contribution is -0.123. The first-order chi connectivity index (χ1) is 23.2. The average molecular weight is 702 g/mol. The standard InChI is InChI=1S/C32H22ClF6N7O3/c33-21-4-3-16(10-19(21)28(40)48)46-30(43-29-17(31(46)49)2-1-5-41-29)22(8-13-6-14(34)9-15(35)7-13)42-23(47)12-45-26-24(25(44-45)27(36)37)18-11-20(18)32(26,38)39/h1-7,9-10,18,20,22,27H,8,11-12H2,(H2,40,48)(H,42,47)/t18-,20+,22-/m0/s1. The third kappa shape index (κ3) is 5.58. The van der Waals surface area contributed by atoms with E-state index in [1.54, 1.807) is 0 Å². The van der Waals surface area contributed by atoms with Crippen LogP contribution in [0.25, 0.3) is 16.7 Å². The summed E-state index contributed by atoms with van der Waals surface area (Å²) < 4.78 is 88.3. The number of amides is 2. The van der Waals surface area contributed by atoms with E-state index in [1.807, 2.05) is 0 Å². The quantitative estimate of drug-likeness (QED) is 0.201. The second-order valence-electron chi connectivity index (χ2n) is 11.8. The summed E-state index contributed by atoms with van der Waals surface area (Å²) in [6, 6.07) is 7.86. The molecule has 3 atom stereocenters. The minimum Gasteiger partial charge on any atom is -0.366 e. The van der Waals surface area contributed by atoms with Gasteiger partial charge in [0, 0.05) is 30.2 Å². The Bertz CT molecular complexity index is 2240. The Morgan fingerprint density at radius 2 is 1.84 bits per heavy atom. The Labute approximate surface area is 276 Å². The number of carbonyl (C=O) groups excluding carboxylic acids is 2. The Kier molecular flexibility index (Phi) is 7.72. The number of nitrogens with zero attached hydrogens (tertiary/aromatic N) is 5. The second-order valence-corrected chi connectivity index (χ2v) is 12.2. The van der Waals surface area contributed by atoms with Crippen LogP contribution in [0.2, 0.25) is 5.02 Å². The summed E-state index contributed by atoms with van der Waals surface area (Å²) in [6.07, 6.45) is -2.22. The lowest BCUT2D eigenvalue weighted by Crippen LogP contribution is -2.38. The van der Waals surface area contributed by atoms with Gasteiger partial charge in [0.15, 0.2) is 5.65 Å². The first-order valence-electron chi connectivity index (χ1n) is 14.7. The summed E-state index contributed by atoms with van der Waals surface area (Å²) >= 11 is 6.14. The van der Waals surface area contributed by atoms with Gasteiger partial charge in [-0.05, 0) is 60.4 Å². The van der Waals surface area contributed by atoms with Crippen molar-refractivity contribution in [2.24, 2.45) is 11.7 Å². The number of primary amides is 1. The van der Waals surface area contributed by atoms with E-state index in [1.165, 1.54) is 36.5 Å². The van der Waals surface area contributed by atoms with Crippen molar-refractivity contribution in [2.45, 2.75) is 43.7 Å². The predicted octanol–water partition coefficient (Wildman–Crippen LogP) is 5.25. The zero-order chi connectivity index (χ0) is 34.9. The van der Waals surface area contributed by atoms with E-state index >= 15 is 8.78 Å². The van der Waals surface area contributed by atoms with Crippen molar-refractivity contribution in [1.29, 1.82) is 0 Å². The van der Waals surface area contributed by atoms with Gasteiger partial charge in [0.05, 0.1) is 27.7 Å². The molecule has 0 radical (unpaired) electrons. The van der Waals surface area contributed by atoms with E-state index in [2.05, 4.69) is 20.4 Å². The van der Waals surface area contributed by atoms with Gasteiger partial charge in [-0.2, -0.15) is 13.9 Å². The smallest absolute Gasteiger partial charge is 0.293 e. The Hall–Kier alpha value is -5.25. The monoisotopic (exact) mass is 701 g/mol. The topological polar surface area (TPSA) is 138 Å². The molecule has 49 heavy (non-hydrogen) atoms. The highest BCUT2D eigenvalue weighted by Crippen LogP contribution is 2.68. The van der Waals surface area contributed by atoms with Crippen LogP contribution in [-0.2, 0) is 23.7 Å². The van der Waals surface area contributed by atoms with E-state index in [4.69, 9.17) is 17.3 Å². The molecule has 2 amide bonds. The molecule has 10 nitrogen and oxygen atoms in total. The van der Waals surface area contributed by atoms with Gasteiger partial charge >= 0.3 is 0 Å². The predicted molar refractivity (Wildman–Crippen MR) is 162 cm³/mol. The number of halogens is 7. The summed E-state index contributed by atoms with van der Waals surface area (Å²) in [6.45, 7) is -0.944. The van der Waals surface area contributed by atoms with Crippen LogP contribution in [0.15, 0.2) is 59.5 Å². The molecule has 1 saturated carbocycles. The highest BCUT2D eigenvalue weighted by Gasteiger charge is 2.67. The van der Waals surface area contributed by atoms with Crippen LogP contribution < -0.4 is 16.6 Å². The normalized spacial score (nSPS) is 18.0. The largest absolute Gasteiger partial charge is 0.366 e. The van der Waals surface area contributed by atoms with E-state index in [9.17, 15) is 31.9 Å².